The van der Waals surface area contributed by atoms with Gasteiger partial charge in [-0.15, -0.1) is 10.2 Å². The molecular formula is C11H16N6OS. The Bertz CT molecular complexity index is 577. The first-order chi connectivity index (χ1) is 8.91. The van der Waals surface area contributed by atoms with E-state index in [1.165, 1.54) is 16.4 Å². The fraction of sp³-hybridized carbons (Fsp3) is 0.455. The first-order valence-electron chi connectivity index (χ1n) is 5.67. The van der Waals surface area contributed by atoms with Crippen molar-refractivity contribution in [1.82, 2.24) is 24.8 Å². The third-order valence-electron chi connectivity index (χ3n) is 2.33. The number of ether oxygens (including phenoxy) is 1. The minimum atomic E-state index is -0.171. The van der Waals surface area contributed by atoms with Gasteiger partial charge in [0.15, 0.2) is 11.0 Å². The lowest BCUT2D eigenvalue weighted by Gasteiger charge is -2.16. The van der Waals surface area contributed by atoms with Crippen molar-refractivity contribution in [1.29, 1.82) is 0 Å². The van der Waals surface area contributed by atoms with Gasteiger partial charge in [-0.05, 0) is 11.8 Å². The monoisotopic (exact) mass is 280 g/mol. The summed E-state index contributed by atoms with van der Waals surface area (Å²) in [6.07, 6.45) is 1.62. The molecule has 2 heterocycles. The summed E-state index contributed by atoms with van der Waals surface area (Å²) in [4.78, 5) is 8.32. The average Bonchev–Trinajstić information content (AvgIpc) is 2.71. The van der Waals surface area contributed by atoms with Crippen LogP contribution < -0.4 is 10.6 Å². The molecule has 0 aliphatic rings. The van der Waals surface area contributed by atoms with Crippen molar-refractivity contribution >= 4 is 11.8 Å². The second kappa shape index (κ2) is 5.04. The van der Waals surface area contributed by atoms with Crippen molar-refractivity contribution in [3.8, 4) is 5.88 Å². The van der Waals surface area contributed by atoms with Crippen LogP contribution in [0.15, 0.2) is 22.6 Å². The molecule has 19 heavy (non-hydrogen) atoms. The Kier molecular flexibility index (Phi) is 3.61. The number of aromatic nitrogens is 5. The van der Waals surface area contributed by atoms with Crippen molar-refractivity contribution < 1.29 is 4.74 Å². The van der Waals surface area contributed by atoms with Gasteiger partial charge in [-0.3, -0.25) is 0 Å². The predicted molar refractivity (Wildman–Crippen MR) is 71.6 cm³/mol. The summed E-state index contributed by atoms with van der Waals surface area (Å²) < 4.78 is 6.51. The van der Waals surface area contributed by atoms with Crippen molar-refractivity contribution in [3.05, 3.63) is 18.1 Å². The van der Waals surface area contributed by atoms with Gasteiger partial charge in [-0.1, -0.05) is 20.8 Å². The molecule has 0 saturated heterocycles. The van der Waals surface area contributed by atoms with Gasteiger partial charge >= 0.3 is 0 Å². The van der Waals surface area contributed by atoms with Crippen LogP contribution in [0.5, 0.6) is 5.88 Å². The van der Waals surface area contributed by atoms with Crippen LogP contribution >= 0.6 is 11.8 Å². The summed E-state index contributed by atoms with van der Waals surface area (Å²) in [5.74, 6) is 7.20. The Hall–Kier alpha value is -1.83. The lowest BCUT2D eigenvalue weighted by Crippen LogP contribution is -2.24. The van der Waals surface area contributed by atoms with Crippen LogP contribution in [0, 0.1) is 0 Å². The highest BCUT2D eigenvalue weighted by atomic mass is 32.2. The lowest BCUT2D eigenvalue weighted by molar-refractivity contribution is 0.392. The van der Waals surface area contributed by atoms with Crippen LogP contribution in [0.2, 0.25) is 0 Å². The molecule has 0 atom stereocenters. The van der Waals surface area contributed by atoms with Crippen LogP contribution in [-0.2, 0) is 5.41 Å². The number of nitrogen functional groups attached to an aromatic ring is 1. The molecule has 0 saturated carbocycles. The molecule has 2 N–H and O–H groups in total. The maximum Gasteiger partial charge on any atom is 0.217 e. The van der Waals surface area contributed by atoms with E-state index in [2.05, 4.69) is 20.2 Å². The molecule has 8 heteroatoms. The molecule has 0 amide bonds. The Balaban J connectivity index is 2.26. The molecule has 2 rings (SSSR count). The molecule has 0 fully saturated rings. The highest BCUT2D eigenvalue weighted by molar-refractivity contribution is 7.99. The normalized spacial score (nSPS) is 11.6. The van der Waals surface area contributed by atoms with Gasteiger partial charge in [0.05, 0.1) is 7.11 Å². The Morgan fingerprint density at radius 3 is 2.63 bits per heavy atom. The standard InChI is InChI=1S/C11H16N6OS/c1-11(2,3)8-15-16-10(17(8)12)19-9-13-6-5-7(14-9)18-4/h5-6H,12H2,1-4H3. The first-order valence-corrected chi connectivity index (χ1v) is 6.49. The molecule has 0 bridgehead atoms. The summed E-state index contributed by atoms with van der Waals surface area (Å²) in [5, 5.41) is 9.22. The molecule has 2 aromatic rings. The summed E-state index contributed by atoms with van der Waals surface area (Å²) in [6.45, 7) is 6.07. The number of methoxy groups -OCH3 is 1. The predicted octanol–water partition coefficient (Wildman–Crippen LogP) is 1.24. The van der Waals surface area contributed by atoms with Crippen LogP contribution in [0.4, 0.5) is 0 Å². The molecule has 0 radical (unpaired) electrons. The van der Waals surface area contributed by atoms with E-state index in [-0.39, 0.29) is 5.41 Å². The Morgan fingerprint density at radius 2 is 2.05 bits per heavy atom. The maximum atomic E-state index is 5.99. The zero-order valence-corrected chi connectivity index (χ0v) is 12.1. The molecule has 2 aromatic heterocycles. The molecule has 0 aliphatic heterocycles. The molecule has 0 spiro atoms. The zero-order chi connectivity index (χ0) is 14.0. The third kappa shape index (κ3) is 2.95. The number of nitrogens with two attached hydrogens (primary N) is 1. The van der Waals surface area contributed by atoms with Crippen molar-refractivity contribution in [2.75, 3.05) is 13.0 Å². The van der Waals surface area contributed by atoms with Crippen LogP contribution in [0.1, 0.15) is 26.6 Å². The van der Waals surface area contributed by atoms with Gasteiger partial charge in [0.2, 0.25) is 11.0 Å². The van der Waals surface area contributed by atoms with Gasteiger partial charge in [-0.25, -0.2) is 9.66 Å². The van der Waals surface area contributed by atoms with Crippen molar-refractivity contribution in [2.24, 2.45) is 0 Å². The van der Waals surface area contributed by atoms with Crippen LogP contribution in [0.3, 0.4) is 0 Å². The number of rotatable bonds is 3. The van der Waals surface area contributed by atoms with E-state index >= 15 is 0 Å². The lowest BCUT2D eigenvalue weighted by atomic mass is 9.96. The third-order valence-corrected chi connectivity index (χ3v) is 3.18. The van der Waals surface area contributed by atoms with E-state index < -0.39 is 0 Å². The molecule has 0 unspecified atom stereocenters. The minimum absolute atomic E-state index is 0.171. The largest absolute Gasteiger partial charge is 0.481 e. The van der Waals surface area contributed by atoms with Crippen LogP contribution in [-0.4, -0.2) is 32.0 Å². The molecular weight excluding hydrogens is 264 g/mol. The van der Waals surface area contributed by atoms with Gasteiger partial charge in [0.1, 0.15) is 0 Å². The molecule has 0 aromatic carbocycles. The Labute approximate surface area is 115 Å². The van der Waals surface area contributed by atoms with E-state index in [9.17, 15) is 0 Å². The van der Waals surface area contributed by atoms with E-state index in [4.69, 9.17) is 10.6 Å². The highest BCUT2D eigenvalue weighted by Gasteiger charge is 2.23. The highest BCUT2D eigenvalue weighted by Crippen LogP contribution is 2.26. The fourth-order valence-electron chi connectivity index (χ4n) is 1.43. The fourth-order valence-corrected chi connectivity index (χ4v) is 2.11. The smallest absolute Gasteiger partial charge is 0.217 e. The zero-order valence-electron chi connectivity index (χ0n) is 11.3. The quantitative estimate of drug-likeness (QED) is 0.668. The molecule has 102 valence electrons. The minimum Gasteiger partial charge on any atom is -0.481 e. The molecule has 7 nitrogen and oxygen atoms in total. The van der Waals surface area contributed by atoms with E-state index in [1.54, 1.807) is 19.4 Å². The van der Waals surface area contributed by atoms with Gasteiger partial charge in [0, 0.05) is 17.7 Å². The molecule has 0 aliphatic carbocycles. The van der Waals surface area contributed by atoms with E-state index in [1.807, 2.05) is 20.8 Å². The second-order valence-electron chi connectivity index (χ2n) is 4.91. The van der Waals surface area contributed by atoms with E-state index in [0.29, 0.717) is 22.0 Å². The van der Waals surface area contributed by atoms with Crippen molar-refractivity contribution in [3.63, 3.8) is 0 Å². The summed E-state index contributed by atoms with van der Waals surface area (Å²) in [6, 6.07) is 1.68. The summed E-state index contributed by atoms with van der Waals surface area (Å²) in [7, 11) is 1.56. The number of nitrogens with zero attached hydrogens (tertiary/aromatic N) is 5. The summed E-state index contributed by atoms with van der Waals surface area (Å²) >= 11 is 1.24. The Morgan fingerprint density at radius 1 is 1.32 bits per heavy atom. The van der Waals surface area contributed by atoms with Crippen molar-refractivity contribution in [2.45, 2.75) is 36.5 Å². The van der Waals surface area contributed by atoms with E-state index in [0.717, 1.165) is 0 Å². The number of hydrogen-bond acceptors (Lipinski definition) is 7. The SMILES string of the molecule is COc1ccnc(Sc2nnc(C(C)(C)C)n2N)n1. The van der Waals surface area contributed by atoms with Gasteiger partial charge in [-0.2, -0.15) is 4.98 Å². The number of hydrogen-bond donors (Lipinski definition) is 1. The van der Waals surface area contributed by atoms with Gasteiger partial charge in [0.25, 0.3) is 0 Å². The summed E-state index contributed by atoms with van der Waals surface area (Å²) in [5.41, 5.74) is -0.171. The van der Waals surface area contributed by atoms with Crippen LogP contribution in [0.25, 0.3) is 0 Å². The topological polar surface area (TPSA) is 91.7 Å². The average molecular weight is 280 g/mol. The first kappa shape index (κ1) is 13.6. The van der Waals surface area contributed by atoms with Gasteiger partial charge < -0.3 is 10.6 Å². The second-order valence-corrected chi connectivity index (χ2v) is 5.84. The maximum absolute atomic E-state index is 5.99.